The summed E-state index contributed by atoms with van der Waals surface area (Å²) >= 11 is 3.38. The number of morpholine rings is 1. The van der Waals surface area contributed by atoms with Crippen molar-refractivity contribution in [2.45, 2.75) is 19.6 Å². The second kappa shape index (κ2) is 9.00. The number of benzene rings is 1. The first-order chi connectivity index (χ1) is 12.6. The Hall–Kier alpha value is -2.12. The maximum absolute atomic E-state index is 12.4. The lowest BCUT2D eigenvalue weighted by molar-refractivity contribution is -0.127. The maximum Gasteiger partial charge on any atom is 0.261 e. The van der Waals surface area contributed by atoms with Gasteiger partial charge in [-0.2, -0.15) is 0 Å². The van der Waals surface area contributed by atoms with E-state index in [4.69, 9.17) is 9.47 Å². The topological polar surface area (TPSA) is 63.7 Å². The highest BCUT2D eigenvalue weighted by Gasteiger charge is 2.18. The van der Waals surface area contributed by atoms with Gasteiger partial charge in [0.2, 0.25) is 0 Å². The van der Waals surface area contributed by atoms with Crippen LogP contribution in [-0.2, 0) is 16.1 Å². The van der Waals surface area contributed by atoms with Crippen LogP contribution < -0.4 is 15.0 Å². The van der Waals surface area contributed by atoms with Gasteiger partial charge in [-0.3, -0.25) is 4.79 Å². The molecule has 1 aliphatic rings. The standard InChI is InChI=1S/C19H22BrN3O3/c1-14(26-17-6-4-16(20)5-7-17)19(24)22-13-15-3-2-8-21-18(15)23-9-11-25-12-10-23/h2-8,14H,9-13H2,1H3,(H,22,24)/t14-/m0/s1. The van der Waals surface area contributed by atoms with Gasteiger partial charge in [-0.05, 0) is 37.3 Å². The van der Waals surface area contributed by atoms with Crippen molar-refractivity contribution in [3.63, 3.8) is 0 Å². The molecule has 1 fully saturated rings. The Morgan fingerprint density at radius 1 is 1.31 bits per heavy atom. The zero-order chi connectivity index (χ0) is 18.4. The van der Waals surface area contributed by atoms with Crippen LogP contribution in [0.4, 0.5) is 5.82 Å². The molecule has 0 saturated carbocycles. The molecule has 138 valence electrons. The molecule has 0 bridgehead atoms. The fourth-order valence-electron chi connectivity index (χ4n) is 2.73. The van der Waals surface area contributed by atoms with Crippen LogP contribution in [0, 0.1) is 0 Å². The van der Waals surface area contributed by atoms with E-state index >= 15 is 0 Å². The number of nitrogens with one attached hydrogen (secondary N) is 1. The number of rotatable bonds is 6. The molecule has 0 unspecified atom stereocenters. The van der Waals surface area contributed by atoms with Crippen LogP contribution >= 0.6 is 15.9 Å². The molecule has 1 aromatic carbocycles. The highest BCUT2D eigenvalue weighted by atomic mass is 79.9. The van der Waals surface area contributed by atoms with E-state index in [1.54, 1.807) is 13.1 Å². The number of nitrogens with zero attached hydrogens (tertiary/aromatic N) is 2. The minimum absolute atomic E-state index is 0.162. The number of aromatic nitrogens is 1. The molecule has 1 N–H and O–H groups in total. The van der Waals surface area contributed by atoms with E-state index < -0.39 is 6.10 Å². The van der Waals surface area contributed by atoms with Gasteiger partial charge >= 0.3 is 0 Å². The van der Waals surface area contributed by atoms with Crippen molar-refractivity contribution in [2.24, 2.45) is 0 Å². The largest absolute Gasteiger partial charge is 0.481 e. The van der Waals surface area contributed by atoms with Crippen molar-refractivity contribution in [2.75, 3.05) is 31.2 Å². The van der Waals surface area contributed by atoms with Gasteiger partial charge in [-0.1, -0.05) is 22.0 Å². The van der Waals surface area contributed by atoms with Crippen LogP contribution in [0.15, 0.2) is 47.1 Å². The molecule has 6 nitrogen and oxygen atoms in total. The number of anilines is 1. The summed E-state index contributed by atoms with van der Waals surface area (Å²) in [6.45, 7) is 5.15. The maximum atomic E-state index is 12.4. The minimum atomic E-state index is -0.584. The fourth-order valence-corrected chi connectivity index (χ4v) is 2.99. The first kappa shape index (κ1) is 18.7. The fraction of sp³-hybridized carbons (Fsp3) is 0.368. The van der Waals surface area contributed by atoms with Crippen molar-refractivity contribution in [1.29, 1.82) is 0 Å². The molecule has 7 heteroatoms. The van der Waals surface area contributed by atoms with Gasteiger partial charge in [-0.15, -0.1) is 0 Å². The Bertz CT molecular complexity index is 733. The van der Waals surface area contributed by atoms with Gasteiger partial charge in [0.05, 0.1) is 13.2 Å². The highest BCUT2D eigenvalue weighted by Crippen LogP contribution is 2.19. The Labute approximate surface area is 161 Å². The van der Waals surface area contributed by atoms with Gasteiger partial charge in [0.1, 0.15) is 11.6 Å². The molecule has 1 aliphatic heterocycles. The summed E-state index contributed by atoms with van der Waals surface area (Å²) in [6, 6.07) is 11.3. The molecule has 1 aromatic heterocycles. The molecule has 1 atom stereocenters. The molecule has 2 aromatic rings. The molecule has 1 saturated heterocycles. The van der Waals surface area contributed by atoms with E-state index in [1.807, 2.05) is 36.4 Å². The number of hydrogen-bond donors (Lipinski definition) is 1. The third kappa shape index (κ3) is 4.95. The third-order valence-electron chi connectivity index (χ3n) is 4.13. The van der Waals surface area contributed by atoms with Crippen LogP contribution in [-0.4, -0.2) is 43.3 Å². The van der Waals surface area contributed by atoms with Crippen LogP contribution in [0.25, 0.3) is 0 Å². The third-order valence-corrected chi connectivity index (χ3v) is 4.66. The summed E-state index contributed by atoms with van der Waals surface area (Å²) in [5.41, 5.74) is 0.985. The van der Waals surface area contributed by atoms with Crippen molar-refractivity contribution in [1.82, 2.24) is 10.3 Å². The van der Waals surface area contributed by atoms with E-state index in [0.29, 0.717) is 25.5 Å². The van der Waals surface area contributed by atoms with Crippen LogP contribution in [0.2, 0.25) is 0 Å². The van der Waals surface area contributed by atoms with Crippen LogP contribution in [0.1, 0.15) is 12.5 Å². The van der Waals surface area contributed by atoms with E-state index in [1.165, 1.54) is 0 Å². The van der Waals surface area contributed by atoms with Gasteiger partial charge in [0.25, 0.3) is 5.91 Å². The number of ether oxygens (including phenoxy) is 2. The lowest BCUT2D eigenvalue weighted by Crippen LogP contribution is -2.39. The summed E-state index contributed by atoms with van der Waals surface area (Å²) in [4.78, 5) is 19.0. The van der Waals surface area contributed by atoms with Crippen molar-refractivity contribution in [3.8, 4) is 5.75 Å². The zero-order valence-electron chi connectivity index (χ0n) is 14.7. The molecule has 26 heavy (non-hydrogen) atoms. The molecule has 2 heterocycles. The number of carbonyl (C=O) groups is 1. The molecular formula is C19H22BrN3O3. The second-order valence-electron chi connectivity index (χ2n) is 6.02. The lowest BCUT2D eigenvalue weighted by atomic mass is 10.2. The summed E-state index contributed by atoms with van der Waals surface area (Å²) in [5, 5.41) is 2.94. The van der Waals surface area contributed by atoms with Gasteiger partial charge in [0, 0.05) is 35.9 Å². The number of hydrogen-bond acceptors (Lipinski definition) is 5. The molecule has 0 aliphatic carbocycles. The average molecular weight is 420 g/mol. The van der Waals surface area contributed by atoms with E-state index in [9.17, 15) is 4.79 Å². The van der Waals surface area contributed by atoms with Gasteiger partial charge in [0.15, 0.2) is 6.10 Å². The average Bonchev–Trinajstić information content (AvgIpc) is 2.68. The normalized spacial score (nSPS) is 15.4. The predicted octanol–water partition coefficient (Wildman–Crippen LogP) is 2.76. The highest BCUT2D eigenvalue weighted by molar-refractivity contribution is 9.10. The summed E-state index contributed by atoms with van der Waals surface area (Å²) in [5.74, 6) is 1.40. The van der Waals surface area contributed by atoms with E-state index in [-0.39, 0.29) is 5.91 Å². The number of halogens is 1. The number of amides is 1. The Morgan fingerprint density at radius 2 is 2.04 bits per heavy atom. The molecular weight excluding hydrogens is 398 g/mol. The van der Waals surface area contributed by atoms with Crippen LogP contribution in [0.5, 0.6) is 5.75 Å². The quantitative estimate of drug-likeness (QED) is 0.779. The molecule has 0 spiro atoms. The van der Waals surface area contributed by atoms with E-state index in [2.05, 4.69) is 31.1 Å². The monoisotopic (exact) mass is 419 g/mol. The van der Waals surface area contributed by atoms with E-state index in [0.717, 1.165) is 28.9 Å². The predicted molar refractivity (Wildman–Crippen MR) is 103 cm³/mol. The Kier molecular flexibility index (Phi) is 6.46. The summed E-state index contributed by atoms with van der Waals surface area (Å²) in [6.07, 6.45) is 1.19. The first-order valence-corrected chi connectivity index (χ1v) is 9.39. The molecule has 1 amide bonds. The first-order valence-electron chi connectivity index (χ1n) is 8.60. The summed E-state index contributed by atoms with van der Waals surface area (Å²) in [7, 11) is 0. The number of pyridine rings is 1. The zero-order valence-corrected chi connectivity index (χ0v) is 16.2. The lowest BCUT2D eigenvalue weighted by Gasteiger charge is -2.29. The second-order valence-corrected chi connectivity index (χ2v) is 6.93. The van der Waals surface area contributed by atoms with Crippen molar-refractivity contribution in [3.05, 3.63) is 52.6 Å². The Morgan fingerprint density at radius 3 is 2.77 bits per heavy atom. The smallest absolute Gasteiger partial charge is 0.261 e. The molecule has 3 rings (SSSR count). The summed E-state index contributed by atoms with van der Waals surface area (Å²) < 4.78 is 12.1. The Balaban J connectivity index is 1.58. The number of carbonyl (C=O) groups excluding carboxylic acids is 1. The van der Waals surface area contributed by atoms with Gasteiger partial charge < -0.3 is 19.7 Å². The van der Waals surface area contributed by atoms with Crippen molar-refractivity contribution < 1.29 is 14.3 Å². The minimum Gasteiger partial charge on any atom is -0.481 e. The van der Waals surface area contributed by atoms with Crippen molar-refractivity contribution >= 4 is 27.7 Å². The SMILES string of the molecule is C[C@H](Oc1ccc(Br)cc1)C(=O)NCc1cccnc1N1CCOCC1. The van der Waals surface area contributed by atoms with Crippen LogP contribution in [0.3, 0.4) is 0 Å². The molecule has 0 radical (unpaired) electrons. The van der Waals surface area contributed by atoms with Gasteiger partial charge in [-0.25, -0.2) is 4.98 Å².